The number of rotatable bonds is 21. The molecule has 3 heteroatoms. The van der Waals surface area contributed by atoms with Gasteiger partial charge in [-0.15, -0.1) is 0 Å². The van der Waals surface area contributed by atoms with E-state index in [-0.39, 0.29) is 18.1 Å². The van der Waals surface area contributed by atoms with Crippen LogP contribution in [-0.2, 0) is 9.59 Å². The molecule has 0 spiro atoms. The molecule has 0 saturated heterocycles. The van der Waals surface area contributed by atoms with E-state index in [4.69, 9.17) is 5.11 Å². The Kier molecular flexibility index (Phi) is 19.3. The Hall–Kier alpha value is -0.860. The maximum absolute atomic E-state index is 11.8. The van der Waals surface area contributed by atoms with Crippen molar-refractivity contribution in [2.75, 3.05) is 0 Å². The predicted molar refractivity (Wildman–Crippen MR) is 115 cm³/mol. The van der Waals surface area contributed by atoms with Crippen LogP contribution in [0.2, 0.25) is 0 Å². The topological polar surface area (TPSA) is 54.4 Å². The first-order chi connectivity index (χ1) is 13.1. The van der Waals surface area contributed by atoms with Gasteiger partial charge >= 0.3 is 5.97 Å². The van der Waals surface area contributed by atoms with Crippen LogP contribution < -0.4 is 0 Å². The van der Waals surface area contributed by atoms with E-state index in [9.17, 15) is 9.59 Å². The highest BCUT2D eigenvalue weighted by Crippen LogP contribution is 2.15. The van der Waals surface area contributed by atoms with Gasteiger partial charge < -0.3 is 5.11 Å². The molecule has 0 heterocycles. The fourth-order valence-electron chi connectivity index (χ4n) is 3.73. The average molecular weight is 383 g/mol. The summed E-state index contributed by atoms with van der Waals surface area (Å²) in [6, 6.07) is 0. The summed E-state index contributed by atoms with van der Waals surface area (Å²) in [7, 11) is 0. The molecule has 1 N–H and O–H groups in total. The highest BCUT2D eigenvalue weighted by Gasteiger charge is 2.12. The summed E-state index contributed by atoms with van der Waals surface area (Å²) in [5.74, 6) is -0.608. The van der Waals surface area contributed by atoms with Crippen molar-refractivity contribution in [3.63, 3.8) is 0 Å². The average Bonchev–Trinajstić information content (AvgIpc) is 2.60. The smallest absolute Gasteiger partial charge is 0.303 e. The van der Waals surface area contributed by atoms with E-state index < -0.39 is 5.97 Å². The monoisotopic (exact) mass is 382 g/mol. The Balaban J connectivity index is 3.20. The van der Waals surface area contributed by atoms with E-state index in [1.165, 1.54) is 89.9 Å². The van der Waals surface area contributed by atoms with E-state index in [2.05, 4.69) is 6.92 Å². The third kappa shape index (κ3) is 21.3. The maximum Gasteiger partial charge on any atom is 0.303 e. The summed E-state index contributed by atoms with van der Waals surface area (Å²) in [6.45, 7) is 4.12. The zero-order valence-electron chi connectivity index (χ0n) is 18.3. The van der Waals surface area contributed by atoms with E-state index >= 15 is 0 Å². The summed E-state index contributed by atoms with van der Waals surface area (Å²) < 4.78 is 0. The van der Waals surface area contributed by atoms with Crippen LogP contribution in [0.25, 0.3) is 0 Å². The Morgan fingerprint density at radius 2 is 1.00 bits per heavy atom. The van der Waals surface area contributed by atoms with Crippen LogP contribution in [0.3, 0.4) is 0 Å². The van der Waals surface area contributed by atoms with Crippen LogP contribution in [0.5, 0.6) is 0 Å². The Morgan fingerprint density at radius 3 is 1.37 bits per heavy atom. The molecule has 0 amide bonds. The van der Waals surface area contributed by atoms with Gasteiger partial charge in [0.05, 0.1) is 0 Å². The predicted octanol–water partition coefficient (Wildman–Crippen LogP) is 7.71. The zero-order valence-corrected chi connectivity index (χ0v) is 18.3. The van der Waals surface area contributed by atoms with Crippen molar-refractivity contribution in [2.24, 2.45) is 5.92 Å². The molecule has 27 heavy (non-hydrogen) atoms. The molecule has 0 aliphatic rings. The van der Waals surface area contributed by atoms with Gasteiger partial charge in [0, 0.05) is 19.3 Å². The Labute approximate surface area is 168 Å². The fourth-order valence-corrected chi connectivity index (χ4v) is 3.73. The first-order valence-electron chi connectivity index (χ1n) is 11.8. The van der Waals surface area contributed by atoms with Gasteiger partial charge in [0.2, 0.25) is 0 Å². The molecular formula is C24H46O3. The SMILES string of the molecule is CCCCCCCCCCCCCCCCCCC(=O)C[C@@H](C)CC(=O)O. The molecule has 0 bridgehead atoms. The van der Waals surface area contributed by atoms with Crippen LogP contribution in [0.4, 0.5) is 0 Å². The van der Waals surface area contributed by atoms with Crippen molar-refractivity contribution < 1.29 is 14.7 Å². The second kappa shape index (κ2) is 19.9. The summed E-state index contributed by atoms with van der Waals surface area (Å²) in [4.78, 5) is 22.4. The molecule has 0 unspecified atom stereocenters. The lowest BCUT2D eigenvalue weighted by Crippen LogP contribution is -2.09. The quantitative estimate of drug-likeness (QED) is 0.207. The van der Waals surface area contributed by atoms with Crippen LogP contribution in [0, 0.1) is 5.92 Å². The van der Waals surface area contributed by atoms with E-state index in [1.807, 2.05) is 6.92 Å². The van der Waals surface area contributed by atoms with Gasteiger partial charge in [-0.05, 0) is 12.3 Å². The number of hydrogen-bond acceptors (Lipinski definition) is 2. The summed E-state index contributed by atoms with van der Waals surface area (Å²) >= 11 is 0. The minimum Gasteiger partial charge on any atom is -0.481 e. The Bertz CT molecular complexity index is 352. The number of carboxylic acid groups (broad SMARTS) is 1. The van der Waals surface area contributed by atoms with Crippen molar-refractivity contribution in [1.29, 1.82) is 0 Å². The van der Waals surface area contributed by atoms with Crippen LogP contribution in [0.15, 0.2) is 0 Å². The van der Waals surface area contributed by atoms with Crippen molar-refractivity contribution in [1.82, 2.24) is 0 Å². The summed E-state index contributed by atoms with van der Waals surface area (Å²) in [5.41, 5.74) is 0. The highest BCUT2D eigenvalue weighted by molar-refractivity contribution is 5.79. The molecule has 0 rings (SSSR count). The molecular weight excluding hydrogens is 336 g/mol. The van der Waals surface area contributed by atoms with Crippen LogP contribution >= 0.6 is 0 Å². The van der Waals surface area contributed by atoms with Gasteiger partial charge in [0.25, 0.3) is 0 Å². The van der Waals surface area contributed by atoms with E-state index in [0.29, 0.717) is 12.8 Å². The zero-order chi connectivity index (χ0) is 20.2. The molecule has 0 aromatic carbocycles. The number of aliphatic carboxylic acids is 1. The maximum atomic E-state index is 11.8. The minimum atomic E-state index is -0.808. The fraction of sp³-hybridized carbons (Fsp3) is 0.917. The third-order valence-electron chi connectivity index (χ3n) is 5.41. The standard InChI is InChI=1S/C24H46O3/c1-3-4-5-6-7-8-9-10-11-12-13-14-15-16-17-18-19-23(25)20-22(2)21-24(26)27/h22H,3-21H2,1-2H3,(H,26,27)/t22-/m1/s1. The second-order valence-electron chi connectivity index (χ2n) is 8.50. The molecule has 0 aromatic heterocycles. The van der Waals surface area contributed by atoms with Gasteiger partial charge in [-0.2, -0.15) is 0 Å². The number of carbonyl (C=O) groups excluding carboxylic acids is 1. The molecule has 0 saturated carbocycles. The van der Waals surface area contributed by atoms with Gasteiger partial charge in [-0.1, -0.05) is 110 Å². The number of carboxylic acids is 1. The van der Waals surface area contributed by atoms with Crippen molar-refractivity contribution >= 4 is 11.8 Å². The lowest BCUT2D eigenvalue weighted by atomic mass is 9.98. The minimum absolute atomic E-state index is 0.0314. The van der Waals surface area contributed by atoms with Gasteiger partial charge in [0.15, 0.2) is 0 Å². The number of unbranched alkanes of at least 4 members (excludes halogenated alkanes) is 15. The number of carbonyl (C=O) groups is 2. The lowest BCUT2D eigenvalue weighted by molar-refractivity contribution is -0.138. The lowest BCUT2D eigenvalue weighted by Gasteiger charge is -2.07. The van der Waals surface area contributed by atoms with Gasteiger partial charge in [-0.3, -0.25) is 9.59 Å². The summed E-state index contributed by atoms with van der Waals surface area (Å²) in [6.07, 6.45) is 22.6. The molecule has 0 radical (unpaired) electrons. The van der Waals surface area contributed by atoms with Crippen molar-refractivity contribution in [3.8, 4) is 0 Å². The molecule has 0 aliphatic carbocycles. The highest BCUT2D eigenvalue weighted by atomic mass is 16.4. The third-order valence-corrected chi connectivity index (χ3v) is 5.41. The molecule has 0 aromatic rings. The van der Waals surface area contributed by atoms with Crippen LogP contribution in [-0.4, -0.2) is 16.9 Å². The molecule has 1 atom stereocenters. The van der Waals surface area contributed by atoms with Gasteiger partial charge in [0.1, 0.15) is 5.78 Å². The van der Waals surface area contributed by atoms with Crippen molar-refractivity contribution in [3.05, 3.63) is 0 Å². The van der Waals surface area contributed by atoms with E-state index in [0.717, 1.165) is 12.8 Å². The normalized spacial score (nSPS) is 12.2. The van der Waals surface area contributed by atoms with Crippen molar-refractivity contribution in [2.45, 2.75) is 136 Å². The molecule has 3 nitrogen and oxygen atoms in total. The second-order valence-corrected chi connectivity index (χ2v) is 8.50. The molecule has 0 fully saturated rings. The van der Waals surface area contributed by atoms with E-state index in [1.54, 1.807) is 0 Å². The first kappa shape index (κ1) is 26.1. The summed E-state index contributed by atoms with van der Waals surface area (Å²) in [5, 5.41) is 8.71. The molecule has 160 valence electrons. The molecule has 0 aliphatic heterocycles. The van der Waals surface area contributed by atoms with Crippen LogP contribution in [0.1, 0.15) is 136 Å². The number of hydrogen-bond donors (Lipinski definition) is 1. The number of Topliss-reactive ketones (excluding diaryl/α,β-unsaturated/α-hetero) is 1. The van der Waals surface area contributed by atoms with Gasteiger partial charge in [-0.25, -0.2) is 0 Å². The first-order valence-corrected chi connectivity index (χ1v) is 11.8. The largest absolute Gasteiger partial charge is 0.481 e. The Morgan fingerprint density at radius 1 is 0.630 bits per heavy atom. The number of ketones is 1.